The Morgan fingerprint density at radius 3 is 2.19 bits per heavy atom. The average Bonchev–Trinajstić information content (AvgIpc) is 2.55. The standard InChI is InChI=1S/C17H18O3S/c1-4-21-16-10-9-14(20-3)11-15(16)17(18)12-5-7-13(19-2)8-6-12/h5-11H,4H2,1-3H3. The number of benzene rings is 2. The molecule has 21 heavy (non-hydrogen) atoms. The Morgan fingerprint density at radius 1 is 1.00 bits per heavy atom. The van der Waals surface area contributed by atoms with Crippen LogP contribution in [-0.4, -0.2) is 25.8 Å². The van der Waals surface area contributed by atoms with Crippen LogP contribution in [0.2, 0.25) is 0 Å². The molecular formula is C17H18O3S. The minimum atomic E-state index is -0.00694. The van der Waals surface area contributed by atoms with E-state index in [0.29, 0.717) is 16.9 Å². The van der Waals surface area contributed by atoms with Crippen LogP contribution < -0.4 is 9.47 Å². The largest absolute Gasteiger partial charge is 0.497 e. The Labute approximate surface area is 129 Å². The zero-order valence-corrected chi connectivity index (χ0v) is 13.2. The van der Waals surface area contributed by atoms with Crippen molar-refractivity contribution < 1.29 is 14.3 Å². The number of hydrogen-bond acceptors (Lipinski definition) is 4. The third-order valence-electron chi connectivity index (χ3n) is 3.08. The fourth-order valence-electron chi connectivity index (χ4n) is 1.99. The molecule has 0 saturated heterocycles. The zero-order valence-electron chi connectivity index (χ0n) is 12.4. The highest BCUT2D eigenvalue weighted by Crippen LogP contribution is 2.28. The molecular weight excluding hydrogens is 284 g/mol. The second kappa shape index (κ2) is 7.18. The summed E-state index contributed by atoms with van der Waals surface area (Å²) in [5.74, 6) is 2.33. The van der Waals surface area contributed by atoms with Gasteiger partial charge in [0.2, 0.25) is 0 Å². The summed E-state index contributed by atoms with van der Waals surface area (Å²) in [5, 5.41) is 0. The number of ketones is 1. The highest BCUT2D eigenvalue weighted by molar-refractivity contribution is 7.99. The molecule has 0 radical (unpaired) electrons. The van der Waals surface area contributed by atoms with Crippen molar-refractivity contribution in [3.05, 3.63) is 53.6 Å². The summed E-state index contributed by atoms with van der Waals surface area (Å²) in [4.78, 5) is 13.7. The predicted octanol–water partition coefficient (Wildman–Crippen LogP) is 4.05. The molecule has 110 valence electrons. The highest BCUT2D eigenvalue weighted by Gasteiger charge is 2.15. The first-order chi connectivity index (χ1) is 10.2. The quantitative estimate of drug-likeness (QED) is 0.596. The molecule has 3 nitrogen and oxygen atoms in total. The molecule has 0 unspecified atom stereocenters. The van der Waals surface area contributed by atoms with Gasteiger partial charge in [-0.05, 0) is 48.2 Å². The van der Waals surface area contributed by atoms with Crippen molar-refractivity contribution in [1.82, 2.24) is 0 Å². The van der Waals surface area contributed by atoms with Crippen molar-refractivity contribution in [2.45, 2.75) is 11.8 Å². The third-order valence-corrected chi connectivity index (χ3v) is 4.04. The van der Waals surface area contributed by atoms with Crippen LogP contribution >= 0.6 is 11.8 Å². The van der Waals surface area contributed by atoms with Crippen LogP contribution in [0.5, 0.6) is 11.5 Å². The van der Waals surface area contributed by atoms with Crippen LogP contribution in [0.1, 0.15) is 22.8 Å². The lowest BCUT2D eigenvalue weighted by molar-refractivity contribution is 0.103. The van der Waals surface area contributed by atoms with Crippen LogP contribution in [0, 0.1) is 0 Å². The second-order valence-electron chi connectivity index (χ2n) is 4.35. The van der Waals surface area contributed by atoms with Gasteiger partial charge in [0, 0.05) is 16.0 Å². The summed E-state index contributed by atoms with van der Waals surface area (Å²) in [5.41, 5.74) is 1.31. The molecule has 2 aromatic carbocycles. The van der Waals surface area contributed by atoms with Gasteiger partial charge in [0.25, 0.3) is 0 Å². The summed E-state index contributed by atoms with van der Waals surface area (Å²) < 4.78 is 10.3. The van der Waals surface area contributed by atoms with E-state index in [9.17, 15) is 4.79 Å². The van der Waals surface area contributed by atoms with Gasteiger partial charge in [-0.1, -0.05) is 6.92 Å². The van der Waals surface area contributed by atoms with Gasteiger partial charge in [-0.3, -0.25) is 4.79 Å². The molecule has 0 aliphatic heterocycles. The van der Waals surface area contributed by atoms with Crippen LogP contribution in [0.4, 0.5) is 0 Å². The molecule has 0 aromatic heterocycles. The maximum atomic E-state index is 12.7. The van der Waals surface area contributed by atoms with E-state index in [2.05, 4.69) is 6.92 Å². The second-order valence-corrected chi connectivity index (χ2v) is 5.66. The minimum Gasteiger partial charge on any atom is -0.497 e. The summed E-state index contributed by atoms with van der Waals surface area (Å²) in [6.07, 6.45) is 0. The number of thioether (sulfide) groups is 1. The van der Waals surface area contributed by atoms with Gasteiger partial charge >= 0.3 is 0 Å². The van der Waals surface area contributed by atoms with Gasteiger partial charge in [-0.15, -0.1) is 11.8 Å². The Bertz CT molecular complexity index is 620. The lowest BCUT2D eigenvalue weighted by atomic mass is 10.0. The Morgan fingerprint density at radius 2 is 1.62 bits per heavy atom. The van der Waals surface area contributed by atoms with E-state index in [0.717, 1.165) is 16.4 Å². The molecule has 2 aromatic rings. The number of hydrogen-bond donors (Lipinski definition) is 0. The van der Waals surface area contributed by atoms with E-state index in [1.54, 1.807) is 56.3 Å². The summed E-state index contributed by atoms with van der Waals surface area (Å²) in [7, 11) is 3.21. The molecule has 0 bridgehead atoms. The fraction of sp³-hybridized carbons (Fsp3) is 0.235. The highest BCUT2D eigenvalue weighted by atomic mass is 32.2. The Balaban J connectivity index is 2.39. The normalized spacial score (nSPS) is 10.2. The zero-order chi connectivity index (χ0) is 15.2. The topological polar surface area (TPSA) is 35.5 Å². The average molecular weight is 302 g/mol. The van der Waals surface area contributed by atoms with Crippen LogP contribution in [0.15, 0.2) is 47.4 Å². The predicted molar refractivity (Wildman–Crippen MR) is 85.8 cm³/mol. The number of rotatable bonds is 6. The van der Waals surface area contributed by atoms with Gasteiger partial charge in [0.1, 0.15) is 11.5 Å². The lowest BCUT2D eigenvalue weighted by Gasteiger charge is -2.10. The van der Waals surface area contributed by atoms with Gasteiger partial charge < -0.3 is 9.47 Å². The Kier molecular flexibility index (Phi) is 5.28. The van der Waals surface area contributed by atoms with E-state index in [4.69, 9.17) is 9.47 Å². The maximum Gasteiger partial charge on any atom is 0.194 e. The molecule has 0 atom stereocenters. The fourth-order valence-corrected chi connectivity index (χ4v) is 2.78. The summed E-state index contributed by atoms with van der Waals surface area (Å²) in [6.45, 7) is 2.07. The molecule has 0 saturated carbocycles. The van der Waals surface area contributed by atoms with Crippen molar-refractivity contribution in [2.75, 3.05) is 20.0 Å². The molecule has 0 heterocycles. The van der Waals surface area contributed by atoms with Crippen molar-refractivity contribution >= 4 is 17.5 Å². The first-order valence-electron chi connectivity index (χ1n) is 6.69. The van der Waals surface area contributed by atoms with E-state index < -0.39 is 0 Å². The van der Waals surface area contributed by atoms with Crippen LogP contribution in [-0.2, 0) is 0 Å². The molecule has 4 heteroatoms. The maximum absolute atomic E-state index is 12.7. The van der Waals surface area contributed by atoms with Gasteiger partial charge in [0.05, 0.1) is 14.2 Å². The first kappa shape index (κ1) is 15.4. The lowest BCUT2D eigenvalue weighted by Crippen LogP contribution is -2.04. The number of methoxy groups -OCH3 is 2. The van der Waals surface area contributed by atoms with Gasteiger partial charge in [-0.2, -0.15) is 0 Å². The summed E-state index contributed by atoms with van der Waals surface area (Å²) >= 11 is 1.65. The molecule has 2 rings (SSSR count). The molecule has 0 spiro atoms. The van der Waals surface area contributed by atoms with Gasteiger partial charge in [-0.25, -0.2) is 0 Å². The van der Waals surface area contributed by atoms with Crippen molar-refractivity contribution in [1.29, 1.82) is 0 Å². The van der Waals surface area contributed by atoms with Crippen LogP contribution in [0.3, 0.4) is 0 Å². The van der Waals surface area contributed by atoms with E-state index in [1.165, 1.54) is 0 Å². The van der Waals surface area contributed by atoms with E-state index in [-0.39, 0.29) is 5.78 Å². The molecule has 0 aliphatic rings. The molecule has 0 aliphatic carbocycles. The molecule has 0 N–H and O–H groups in total. The van der Waals surface area contributed by atoms with E-state index in [1.807, 2.05) is 12.1 Å². The minimum absolute atomic E-state index is 0.00694. The van der Waals surface area contributed by atoms with Gasteiger partial charge in [0.15, 0.2) is 5.78 Å². The van der Waals surface area contributed by atoms with Crippen molar-refractivity contribution in [2.24, 2.45) is 0 Å². The number of carbonyl (C=O) groups is 1. The van der Waals surface area contributed by atoms with Crippen molar-refractivity contribution in [3.63, 3.8) is 0 Å². The Hall–Kier alpha value is -1.94. The van der Waals surface area contributed by atoms with Crippen LogP contribution in [0.25, 0.3) is 0 Å². The first-order valence-corrected chi connectivity index (χ1v) is 7.67. The monoisotopic (exact) mass is 302 g/mol. The smallest absolute Gasteiger partial charge is 0.194 e. The molecule has 0 amide bonds. The summed E-state index contributed by atoms with van der Waals surface area (Å²) in [6, 6.07) is 12.7. The number of ether oxygens (including phenoxy) is 2. The van der Waals surface area contributed by atoms with Crippen molar-refractivity contribution in [3.8, 4) is 11.5 Å². The number of carbonyl (C=O) groups excluding carboxylic acids is 1. The SMILES string of the molecule is CCSc1ccc(OC)cc1C(=O)c1ccc(OC)cc1. The van der Waals surface area contributed by atoms with E-state index >= 15 is 0 Å². The molecule has 0 fully saturated rings. The third kappa shape index (κ3) is 3.58.